The molecule has 0 aliphatic carbocycles. The van der Waals surface area contributed by atoms with Gasteiger partial charge in [0.15, 0.2) is 0 Å². The molecule has 0 saturated carbocycles. The van der Waals surface area contributed by atoms with Crippen LogP contribution in [-0.4, -0.2) is 31.3 Å². The summed E-state index contributed by atoms with van der Waals surface area (Å²) in [5, 5.41) is 3.19. The average molecular weight is 317 g/mol. The molecule has 0 radical (unpaired) electrons. The number of carbonyl (C=O) groups is 1. The standard InChI is InChI=1S/C15H18F3NO3/c1-2-22-13(20)7-14(9-21-10-14)19-8-11-3-5-12(6-4-11)15(16,17)18/h3-6,19H,2,7-10H2,1H3. The number of rotatable bonds is 6. The molecule has 1 aromatic carbocycles. The molecular formula is C15H18F3NO3. The van der Waals surface area contributed by atoms with Gasteiger partial charge in [0.2, 0.25) is 0 Å². The second-order valence-corrected chi connectivity index (χ2v) is 5.30. The summed E-state index contributed by atoms with van der Waals surface area (Å²) in [5.74, 6) is -0.314. The highest BCUT2D eigenvalue weighted by Gasteiger charge is 2.40. The van der Waals surface area contributed by atoms with Crippen molar-refractivity contribution in [3.8, 4) is 0 Å². The van der Waals surface area contributed by atoms with Gasteiger partial charge in [-0.2, -0.15) is 13.2 Å². The summed E-state index contributed by atoms with van der Waals surface area (Å²) in [5.41, 5.74) is -0.456. The third-order valence-electron chi connectivity index (χ3n) is 3.49. The summed E-state index contributed by atoms with van der Waals surface area (Å²) in [6.07, 6.45) is -4.15. The fourth-order valence-electron chi connectivity index (χ4n) is 2.20. The third kappa shape index (κ3) is 4.20. The SMILES string of the molecule is CCOC(=O)CC1(NCc2ccc(C(F)(F)F)cc2)COC1. The number of halogens is 3. The van der Waals surface area contributed by atoms with Crippen LogP contribution in [-0.2, 0) is 27.0 Å². The lowest BCUT2D eigenvalue weighted by atomic mass is 9.92. The van der Waals surface area contributed by atoms with Crippen molar-refractivity contribution in [2.75, 3.05) is 19.8 Å². The Morgan fingerprint density at radius 2 is 1.95 bits per heavy atom. The number of alkyl halides is 3. The summed E-state index contributed by atoms with van der Waals surface area (Å²) in [6, 6.07) is 4.94. The smallest absolute Gasteiger partial charge is 0.416 e. The predicted octanol–water partition coefficient (Wildman–Crippen LogP) is 2.52. The van der Waals surface area contributed by atoms with E-state index in [0.717, 1.165) is 12.1 Å². The molecule has 122 valence electrons. The molecule has 2 rings (SSSR count). The van der Waals surface area contributed by atoms with E-state index in [9.17, 15) is 18.0 Å². The van der Waals surface area contributed by atoms with Crippen LogP contribution in [0.4, 0.5) is 13.2 Å². The molecule has 0 bridgehead atoms. The number of hydrogen-bond donors (Lipinski definition) is 1. The second kappa shape index (κ2) is 6.66. The fraction of sp³-hybridized carbons (Fsp3) is 0.533. The van der Waals surface area contributed by atoms with E-state index >= 15 is 0 Å². The van der Waals surface area contributed by atoms with E-state index in [-0.39, 0.29) is 12.4 Å². The van der Waals surface area contributed by atoms with Gasteiger partial charge >= 0.3 is 12.1 Å². The van der Waals surface area contributed by atoms with Gasteiger partial charge in [-0.3, -0.25) is 4.79 Å². The summed E-state index contributed by atoms with van der Waals surface area (Å²) in [7, 11) is 0. The molecule has 22 heavy (non-hydrogen) atoms. The van der Waals surface area contributed by atoms with Crippen molar-refractivity contribution >= 4 is 5.97 Å². The molecule has 1 N–H and O–H groups in total. The highest BCUT2D eigenvalue weighted by atomic mass is 19.4. The molecule has 0 spiro atoms. The van der Waals surface area contributed by atoms with Crippen molar-refractivity contribution in [1.29, 1.82) is 0 Å². The maximum absolute atomic E-state index is 12.5. The Kier molecular flexibility index (Phi) is 5.08. The van der Waals surface area contributed by atoms with Crippen LogP contribution in [0.25, 0.3) is 0 Å². The summed E-state index contributed by atoms with van der Waals surface area (Å²) >= 11 is 0. The first-order valence-electron chi connectivity index (χ1n) is 6.99. The zero-order valence-corrected chi connectivity index (χ0v) is 12.2. The molecule has 1 fully saturated rings. The molecule has 1 aromatic rings. The maximum Gasteiger partial charge on any atom is 0.416 e. The highest BCUT2D eigenvalue weighted by Crippen LogP contribution is 2.29. The number of benzene rings is 1. The molecule has 0 unspecified atom stereocenters. The van der Waals surface area contributed by atoms with Crippen LogP contribution in [0.3, 0.4) is 0 Å². The average Bonchev–Trinajstić information content (AvgIpc) is 2.41. The first-order valence-corrected chi connectivity index (χ1v) is 6.99. The normalized spacial score (nSPS) is 16.9. The van der Waals surface area contributed by atoms with Gasteiger partial charge in [-0.25, -0.2) is 0 Å². The van der Waals surface area contributed by atoms with Crippen LogP contribution in [0.2, 0.25) is 0 Å². The number of esters is 1. The Hall–Kier alpha value is -1.60. The predicted molar refractivity (Wildman–Crippen MR) is 73.1 cm³/mol. The Labute approximate surface area is 126 Å². The van der Waals surface area contributed by atoms with Crippen molar-refractivity contribution < 1.29 is 27.4 Å². The lowest BCUT2D eigenvalue weighted by molar-refractivity contribution is -0.152. The minimum atomic E-state index is -4.33. The molecule has 1 aliphatic heterocycles. The van der Waals surface area contributed by atoms with E-state index in [2.05, 4.69) is 5.32 Å². The van der Waals surface area contributed by atoms with E-state index < -0.39 is 17.3 Å². The van der Waals surface area contributed by atoms with Gasteiger partial charge < -0.3 is 14.8 Å². The van der Waals surface area contributed by atoms with Crippen LogP contribution < -0.4 is 5.32 Å². The van der Waals surface area contributed by atoms with Crippen LogP contribution in [0.5, 0.6) is 0 Å². The Morgan fingerprint density at radius 1 is 1.32 bits per heavy atom. The van der Waals surface area contributed by atoms with Gasteiger partial charge in [-0.05, 0) is 24.6 Å². The zero-order chi connectivity index (χ0) is 16.2. The summed E-state index contributed by atoms with van der Waals surface area (Å²) < 4.78 is 47.5. The van der Waals surface area contributed by atoms with Crippen molar-refractivity contribution in [3.63, 3.8) is 0 Å². The van der Waals surface area contributed by atoms with Crippen molar-refractivity contribution in [3.05, 3.63) is 35.4 Å². The minimum absolute atomic E-state index is 0.182. The van der Waals surface area contributed by atoms with Gasteiger partial charge in [0.05, 0.1) is 37.3 Å². The van der Waals surface area contributed by atoms with Crippen LogP contribution in [0, 0.1) is 0 Å². The lowest BCUT2D eigenvalue weighted by Crippen LogP contribution is -2.61. The maximum atomic E-state index is 12.5. The first-order chi connectivity index (χ1) is 10.3. The van der Waals surface area contributed by atoms with Crippen molar-refractivity contribution in [2.24, 2.45) is 0 Å². The zero-order valence-electron chi connectivity index (χ0n) is 12.2. The van der Waals surface area contributed by atoms with Gasteiger partial charge in [0, 0.05) is 6.54 Å². The monoisotopic (exact) mass is 317 g/mol. The van der Waals surface area contributed by atoms with Crippen molar-refractivity contribution in [1.82, 2.24) is 5.32 Å². The lowest BCUT2D eigenvalue weighted by Gasteiger charge is -2.41. The molecule has 0 atom stereocenters. The quantitative estimate of drug-likeness (QED) is 0.819. The van der Waals surface area contributed by atoms with E-state index in [0.29, 0.717) is 31.9 Å². The number of nitrogens with one attached hydrogen (secondary N) is 1. The Morgan fingerprint density at radius 3 is 2.41 bits per heavy atom. The second-order valence-electron chi connectivity index (χ2n) is 5.30. The van der Waals surface area contributed by atoms with E-state index in [1.807, 2.05) is 0 Å². The first kappa shape index (κ1) is 16.8. The molecule has 1 heterocycles. The molecule has 0 amide bonds. The number of hydrogen-bond acceptors (Lipinski definition) is 4. The van der Waals surface area contributed by atoms with Gasteiger partial charge in [0.1, 0.15) is 0 Å². The molecule has 1 aliphatic rings. The van der Waals surface area contributed by atoms with Crippen LogP contribution in [0.15, 0.2) is 24.3 Å². The van der Waals surface area contributed by atoms with Gasteiger partial charge in [-0.1, -0.05) is 12.1 Å². The summed E-state index contributed by atoms with van der Waals surface area (Å²) in [6.45, 7) is 3.17. The van der Waals surface area contributed by atoms with Crippen LogP contribution >= 0.6 is 0 Å². The largest absolute Gasteiger partial charge is 0.466 e. The third-order valence-corrected chi connectivity index (χ3v) is 3.49. The highest BCUT2D eigenvalue weighted by molar-refractivity contribution is 5.71. The minimum Gasteiger partial charge on any atom is -0.466 e. The molecule has 7 heteroatoms. The molecule has 0 aromatic heterocycles. The van der Waals surface area contributed by atoms with Gasteiger partial charge in [-0.15, -0.1) is 0 Å². The molecule has 4 nitrogen and oxygen atoms in total. The van der Waals surface area contributed by atoms with Gasteiger partial charge in [0.25, 0.3) is 0 Å². The fourth-order valence-corrected chi connectivity index (χ4v) is 2.20. The molecule has 1 saturated heterocycles. The Bertz CT molecular complexity index is 510. The summed E-state index contributed by atoms with van der Waals surface area (Å²) in [4.78, 5) is 11.6. The molecular weight excluding hydrogens is 299 g/mol. The number of ether oxygens (including phenoxy) is 2. The number of carbonyl (C=O) groups excluding carboxylic acids is 1. The Balaban J connectivity index is 1.92. The van der Waals surface area contributed by atoms with Crippen LogP contribution in [0.1, 0.15) is 24.5 Å². The topological polar surface area (TPSA) is 47.6 Å². The van der Waals surface area contributed by atoms with E-state index in [1.165, 1.54) is 12.1 Å². The van der Waals surface area contributed by atoms with E-state index in [1.54, 1.807) is 6.92 Å². The van der Waals surface area contributed by atoms with Crippen molar-refractivity contribution in [2.45, 2.75) is 31.6 Å². The van der Waals surface area contributed by atoms with E-state index in [4.69, 9.17) is 9.47 Å².